The minimum Gasteiger partial charge on any atom is -0.365 e. The van der Waals surface area contributed by atoms with Gasteiger partial charge in [0.05, 0.1) is 17.0 Å². The van der Waals surface area contributed by atoms with Gasteiger partial charge in [-0.15, -0.1) is 11.3 Å². The van der Waals surface area contributed by atoms with Crippen molar-refractivity contribution in [3.05, 3.63) is 57.0 Å². The van der Waals surface area contributed by atoms with Gasteiger partial charge in [-0.1, -0.05) is 6.07 Å². The van der Waals surface area contributed by atoms with Crippen LogP contribution in [0.2, 0.25) is 0 Å². The SMILES string of the molecule is O=[N+]([O-])c1ccc2ncnc(NCc3cccs3)c2c1. The van der Waals surface area contributed by atoms with Gasteiger partial charge in [-0.2, -0.15) is 0 Å². The van der Waals surface area contributed by atoms with Crippen molar-refractivity contribution in [2.24, 2.45) is 0 Å². The van der Waals surface area contributed by atoms with E-state index in [-0.39, 0.29) is 5.69 Å². The molecule has 1 N–H and O–H groups in total. The number of nitro benzene ring substituents is 1. The van der Waals surface area contributed by atoms with E-state index in [4.69, 9.17) is 0 Å². The molecule has 6 nitrogen and oxygen atoms in total. The van der Waals surface area contributed by atoms with Crippen molar-refractivity contribution in [3.63, 3.8) is 0 Å². The first-order valence-electron chi connectivity index (χ1n) is 5.89. The van der Waals surface area contributed by atoms with E-state index >= 15 is 0 Å². The second kappa shape index (κ2) is 5.22. The molecule has 0 saturated heterocycles. The summed E-state index contributed by atoms with van der Waals surface area (Å²) in [7, 11) is 0. The normalized spacial score (nSPS) is 10.6. The van der Waals surface area contributed by atoms with E-state index < -0.39 is 4.92 Å². The molecule has 0 bridgehead atoms. The van der Waals surface area contributed by atoms with Gasteiger partial charge in [0.2, 0.25) is 0 Å². The first kappa shape index (κ1) is 12.5. The number of thiophene rings is 1. The topological polar surface area (TPSA) is 81.0 Å². The molecule has 1 aromatic carbocycles. The zero-order valence-corrected chi connectivity index (χ0v) is 11.1. The quantitative estimate of drug-likeness (QED) is 0.588. The summed E-state index contributed by atoms with van der Waals surface area (Å²) in [5, 5.41) is 16.7. The Hall–Kier alpha value is -2.54. The van der Waals surface area contributed by atoms with Crippen LogP contribution in [0, 0.1) is 10.1 Å². The molecule has 2 aromatic heterocycles. The van der Waals surface area contributed by atoms with Gasteiger partial charge in [-0.05, 0) is 17.5 Å². The summed E-state index contributed by atoms with van der Waals surface area (Å²) in [5.74, 6) is 0.604. The second-order valence-electron chi connectivity index (χ2n) is 4.11. The van der Waals surface area contributed by atoms with Gasteiger partial charge in [0.15, 0.2) is 0 Å². The minimum atomic E-state index is -0.421. The van der Waals surface area contributed by atoms with Crippen LogP contribution in [0.4, 0.5) is 11.5 Å². The Morgan fingerprint density at radius 3 is 2.95 bits per heavy atom. The van der Waals surface area contributed by atoms with E-state index in [2.05, 4.69) is 15.3 Å². The molecular formula is C13H10N4O2S. The number of benzene rings is 1. The Bertz CT molecular complexity index is 758. The lowest BCUT2D eigenvalue weighted by Crippen LogP contribution is -2.01. The molecule has 0 saturated carbocycles. The van der Waals surface area contributed by atoms with Gasteiger partial charge in [0, 0.05) is 22.4 Å². The highest BCUT2D eigenvalue weighted by Gasteiger charge is 2.10. The molecule has 7 heteroatoms. The molecule has 3 aromatic rings. The molecule has 0 fully saturated rings. The zero-order chi connectivity index (χ0) is 13.9. The molecule has 2 heterocycles. The third kappa shape index (κ3) is 2.43. The maximum Gasteiger partial charge on any atom is 0.270 e. The number of nitrogens with one attached hydrogen (secondary N) is 1. The fourth-order valence-electron chi connectivity index (χ4n) is 1.88. The zero-order valence-electron chi connectivity index (χ0n) is 10.3. The first-order chi connectivity index (χ1) is 9.74. The molecule has 0 unspecified atom stereocenters. The monoisotopic (exact) mass is 286 g/mol. The highest BCUT2D eigenvalue weighted by atomic mass is 32.1. The third-order valence-electron chi connectivity index (χ3n) is 2.84. The van der Waals surface area contributed by atoms with Crippen molar-refractivity contribution in [2.45, 2.75) is 6.54 Å². The number of hydrogen-bond acceptors (Lipinski definition) is 6. The van der Waals surface area contributed by atoms with Crippen LogP contribution in [-0.2, 0) is 6.54 Å². The standard InChI is InChI=1S/C13H10N4O2S/c18-17(19)9-3-4-12-11(6-9)13(16-8-15-12)14-7-10-2-1-5-20-10/h1-6,8H,7H2,(H,14,15,16). The van der Waals surface area contributed by atoms with Crippen LogP contribution in [0.3, 0.4) is 0 Å². The van der Waals surface area contributed by atoms with Gasteiger partial charge in [0.25, 0.3) is 5.69 Å². The fraction of sp³-hybridized carbons (Fsp3) is 0.0769. The molecule has 0 spiro atoms. The largest absolute Gasteiger partial charge is 0.365 e. The molecule has 0 aliphatic rings. The Labute approximate surface area is 118 Å². The summed E-state index contributed by atoms with van der Waals surface area (Å²) < 4.78 is 0. The van der Waals surface area contributed by atoms with Crippen molar-refractivity contribution in [2.75, 3.05) is 5.32 Å². The second-order valence-corrected chi connectivity index (χ2v) is 5.15. The summed E-state index contributed by atoms with van der Waals surface area (Å²) in [6, 6.07) is 8.56. The van der Waals surface area contributed by atoms with Gasteiger partial charge in [0.1, 0.15) is 12.1 Å². The van der Waals surface area contributed by atoms with Crippen LogP contribution in [-0.4, -0.2) is 14.9 Å². The summed E-state index contributed by atoms with van der Waals surface area (Å²) in [6.45, 7) is 0.631. The van der Waals surface area contributed by atoms with Crippen LogP contribution in [0.25, 0.3) is 10.9 Å². The average Bonchev–Trinajstić information content (AvgIpc) is 2.97. The number of non-ortho nitro benzene ring substituents is 1. The maximum absolute atomic E-state index is 10.8. The van der Waals surface area contributed by atoms with E-state index in [1.807, 2.05) is 17.5 Å². The minimum absolute atomic E-state index is 0.0338. The third-order valence-corrected chi connectivity index (χ3v) is 3.72. The van der Waals surface area contributed by atoms with Crippen molar-refractivity contribution in [1.29, 1.82) is 0 Å². The fourth-order valence-corrected chi connectivity index (χ4v) is 2.53. The van der Waals surface area contributed by atoms with E-state index in [1.165, 1.54) is 23.3 Å². The summed E-state index contributed by atoms with van der Waals surface area (Å²) >= 11 is 1.64. The highest BCUT2D eigenvalue weighted by molar-refractivity contribution is 7.09. The van der Waals surface area contributed by atoms with Crippen molar-refractivity contribution < 1.29 is 4.92 Å². The predicted molar refractivity (Wildman–Crippen MR) is 77.8 cm³/mol. The average molecular weight is 286 g/mol. The van der Waals surface area contributed by atoms with Crippen LogP contribution in [0.1, 0.15) is 4.88 Å². The van der Waals surface area contributed by atoms with E-state index in [9.17, 15) is 10.1 Å². The first-order valence-corrected chi connectivity index (χ1v) is 6.77. The lowest BCUT2D eigenvalue weighted by Gasteiger charge is -2.06. The van der Waals surface area contributed by atoms with E-state index in [0.717, 1.165) is 0 Å². The Kier molecular flexibility index (Phi) is 3.26. The van der Waals surface area contributed by atoms with Crippen molar-refractivity contribution in [3.8, 4) is 0 Å². The Morgan fingerprint density at radius 1 is 1.30 bits per heavy atom. The summed E-state index contributed by atoms with van der Waals surface area (Å²) in [4.78, 5) is 19.9. The van der Waals surface area contributed by atoms with Crippen LogP contribution in [0.15, 0.2) is 42.0 Å². The summed E-state index contributed by atoms with van der Waals surface area (Å²) in [5.41, 5.74) is 0.714. The molecule has 0 aliphatic carbocycles. The molecule has 100 valence electrons. The number of aromatic nitrogens is 2. The van der Waals surface area contributed by atoms with Gasteiger partial charge >= 0.3 is 0 Å². The molecule has 20 heavy (non-hydrogen) atoms. The lowest BCUT2D eigenvalue weighted by atomic mass is 10.2. The van der Waals surface area contributed by atoms with Gasteiger partial charge in [-0.25, -0.2) is 9.97 Å². The number of nitrogens with zero attached hydrogens (tertiary/aromatic N) is 3. The Morgan fingerprint density at radius 2 is 2.20 bits per heavy atom. The van der Waals surface area contributed by atoms with E-state index in [1.54, 1.807) is 17.4 Å². The van der Waals surface area contributed by atoms with Gasteiger partial charge < -0.3 is 5.32 Å². The highest BCUT2D eigenvalue weighted by Crippen LogP contribution is 2.24. The van der Waals surface area contributed by atoms with Crippen molar-refractivity contribution in [1.82, 2.24) is 9.97 Å². The molecule has 3 rings (SSSR count). The molecule has 0 amide bonds. The maximum atomic E-state index is 10.8. The number of rotatable bonds is 4. The van der Waals surface area contributed by atoms with Crippen LogP contribution < -0.4 is 5.32 Å². The number of anilines is 1. The lowest BCUT2D eigenvalue weighted by molar-refractivity contribution is -0.384. The summed E-state index contributed by atoms with van der Waals surface area (Å²) in [6.07, 6.45) is 1.45. The van der Waals surface area contributed by atoms with Crippen molar-refractivity contribution >= 4 is 33.7 Å². The Balaban J connectivity index is 1.96. The number of fused-ring (bicyclic) bond motifs is 1. The predicted octanol–water partition coefficient (Wildman–Crippen LogP) is 3.21. The number of hydrogen-bond donors (Lipinski definition) is 1. The molecule has 0 aliphatic heterocycles. The number of nitro groups is 1. The van der Waals surface area contributed by atoms with Crippen LogP contribution in [0.5, 0.6) is 0 Å². The molecule has 0 atom stereocenters. The van der Waals surface area contributed by atoms with E-state index in [0.29, 0.717) is 23.3 Å². The van der Waals surface area contributed by atoms with Gasteiger partial charge in [-0.3, -0.25) is 10.1 Å². The molecule has 0 radical (unpaired) electrons. The smallest absolute Gasteiger partial charge is 0.270 e. The van der Waals surface area contributed by atoms with Crippen LogP contribution >= 0.6 is 11.3 Å². The molecular weight excluding hydrogens is 276 g/mol.